The van der Waals surface area contributed by atoms with E-state index in [2.05, 4.69) is 16.2 Å². The van der Waals surface area contributed by atoms with E-state index in [1.54, 1.807) is 27.8 Å². The Morgan fingerprint density at radius 1 is 1.12 bits per heavy atom. The lowest BCUT2D eigenvalue weighted by atomic mass is 10.2. The second-order valence-corrected chi connectivity index (χ2v) is 7.63. The number of rotatable bonds is 5. The molecule has 1 aliphatic heterocycles. The number of benzene rings is 1. The van der Waals surface area contributed by atoms with Crippen LogP contribution in [-0.4, -0.2) is 51.8 Å². The van der Waals surface area contributed by atoms with Crippen molar-refractivity contribution in [2.24, 2.45) is 0 Å². The van der Waals surface area contributed by atoms with Crippen LogP contribution in [0.15, 0.2) is 62.5 Å². The van der Waals surface area contributed by atoms with Gasteiger partial charge in [0.2, 0.25) is 22.9 Å². The first-order valence-corrected chi connectivity index (χ1v) is 10.6. The molecule has 0 aliphatic carbocycles. The van der Waals surface area contributed by atoms with E-state index in [0.717, 1.165) is 0 Å². The van der Waals surface area contributed by atoms with E-state index in [-0.39, 0.29) is 29.3 Å². The van der Waals surface area contributed by atoms with Crippen LogP contribution in [0.25, 0.3) is 22.6 Å². The molecule has 1 aliphatic rings. The zero-order chi connectivity index (χ0) is 22.8. The summed E-state index contributed by atoms with van der Waals surface area (Å²) in [6, 6.07) is 12.7. The number of aromatic nitrogens is 3. The molecule has 0 radical (unpaired) electrons. The lowest BCUT2D eigenvalue weighted by Gasteiger charge is -2.34. The molecule has 4 aromatic rings. The van der Waals surface area contributed by atoms with Gasteiger partial charge in [-0.2, -0.15) is 15.3 Å². The number of hydrogen-bond donors (Lipinski definition) is 0. The Bertz CT molecular complexity index is 1390. The number of fused-ring (bicyclic) bond motifs is 1. The highest BCUT2D eigenvalue weighted by atomic mass is 16.4. The Hall–Kier alpha value is -4.39. The quantitative estimate of drug-likeness (QED) is 0.459. The van der Waals surface area contributed by atoms with E-state index >= 15 is 0 Å². The molecule has 1 saturated heterocycles. The van der Waals surface area contributed by atoms with Gasteiger partial charge in [0.05, 0.1) is 24.5 Å². The zero-order valence-corrected chi connectivity index (χ0v) is 17.7. The van der Waals surface area contributed by atoms with E-state index in [9.17, 15) is 14.9 Å². The number of hydrogen-bond acceptors (Lipinski definition) is 8. The van der Waals surface area contributed by atoms with Crippen LogP contribution >= 0.6 is 0 Å². The second-order valence-electron chi connectivity index (χ2n) is 7.63. The summed E-state index contributed by atoms with van der Waals surface area (Å²) in [6.45, 7) is 2.42. The molecule has 0 unspecified atom stereocenters. The highest BCUT2D eigenvalue weighted by Gasteiger charge is 2.27. The SMILES string of the molecule is N#Cc1nc(-c2ccco2)oc1N1CCN(C(=O)CCn2ncc(=O)c3ccccc32)CC1. The number of para-hydroxylation sites is 1. The number of aryl methyl sites for hydroxylation is 1. The normalized spacial score (nSPS) is 13.9. The summed E-state index contributed by atoms with van der Waals surface area (Å²) >= 11 is 0. The fraction of sp³-hybridized carbons (Fsp3) is 0.261. The predicted molar refractivity (Wildman–Crippen MR) is 118 cm³/mol. The Kier molecular flexibility index (Phi) is 5.36. The number of piperazine rings is 1. The second kappa shape index (κ2) is 8.63. The predicted octanol–water partition coefficient (Wildman–Crippen LogP) is 2.26. The number of oxazole rings is 1. The van der Waals surface area contributed by atoms with E-state index in [1.165, 1.54) is 12.5 Å². The Morgan fingerprint density at radius 2 is 1.94 bits per heavy atom. The number of carbonyl (C=O) groups excluding carboxylic acids is 1. The molecule has 5 rings (SSSR count). The lowest BCUT2D eigenvalue weighted by Crippen LogP contribution is -2.49. The average molecular weight is 444 g/mol. The number of amides is 1. The van der Waals surface area contributed by atoms with Crippen molar-refractivity contribution in [2.75, 3.05) is 31.1 Å². The van der Waals surface area contributed by atoms with Crippen LogP contribution in [0.5, 0.6) is 0 Å². The lowest BCUT2D eigenvalue weighted by molar-refractivity contribution is -0.131. The molecule has 10 heteroatoms. The number of carbonyl (C=O) groups is 1. The summed E-state index contributed by atoms with van der Waals surface area (Å²) in [7, 11) is 0. The summed E-state index contributed by atoms with van der Waals surface area (Å²) in [5.74, 6) is 1.11. The van der Waals surface area contributed by atoms with Gasteiger partial charge in [-0.1, -0.05) is 12.1 Å². The summed E-state index contributed by atoms with van der Waals surface area (Å²) in [5, 5.41) is 14.2. The van der Waals surface area contributed by atoms with Crippen LogP contribution in [-0.2, 0) is 11.3 Å². The third kappa shape index (κ3) is 3.96. The molecule has 1 amide bonds. The first kappa shape index (κ1) is 20.5. The standard InChI is InChI=1S/C23H20N6O4/c24-14-17-23(33-22(26-17)20-6-3-13-32-20)28-11-9-27(10-12-28)21(31)7-8-29-18-5-2-1-4-16(18)19(30)15-25-29/h1-6,13,15H,7-12H2. The van der Waals surface area contributed by atoms with Crippen molar-refractivity contribution in [3.05, 3.63) is 64.8 Å². The molecule has 0 atom stereocenters. The molecule has 10 nitrogen and oxygen atoms in total. The minimum Gasteiger partial charge on any atom is -0.459 e. The number of furan rings is 1. The van der Waals surface area contributed by atoms with Gasteiger partial charge in [-0.05, 0) is 24.3 Å². The van der Waals surface area contributed by atoms with Gasteiger partial charge in [0.1, 0.15) is 6.07 Å². The minimum absolute atomic E-state index is 0.00795. The molecular formula is C23H20N6O4. The van der Waals surface area contributed by atoms with E-state index in [1.807, 2.05) is 23.1 Å². The van der Waals surface area contributed by atoms with E-state index in [0.29, 0.717) is 55.3 Å². The first-order valence-electron chi connectivity index (χ1n) is 10.6. The maximum absolute atomic E-state index is 12.8. The molecule has 33 heavy (non-hydrogen) atoms. The molecule has 0 bridgehead atoms. The van der Waals surface area contributed by atoms with Crippen molar-refractivity contribution in [3.63, 3.8) is 0 Å². The van der Waals surface area contributed by atoms with Crippen molar-refractivity contribution in [1.82, 2.24) is 19.7 Å². The summed E-state index contributed by atoms with van der Waals surface area (Å²) in [6.07, 6.45) is 3.07. The Labute approximate surface area is 188 Å². The summed E-state index contributed by atoms with van der Waals surface area (Å²) in [4.78, 5) is 32.7. The Morgan fingerprint density at radius 3 is 2.70 bits per heavy atom. The van der Waals surface area contributed by atoms with Crippen molar-refractivity contribution < 1.29 is 13.6 Å². The van der Waals surface area contributed by atoms with Crippen molar-refractivity contribution in [3.8, 4) is 17.7 Å². The molecule has 166 valence electrons. The molecule has 4 heterocycles. The Balaban J connectivity index is 1.22. The van der Waals surface area contributed by atoms with Gasteiger partial charge in [0, 0.05) is 38.0 Å². The van der Waals surface area contributed by atoms with Crippen LogP contribution in [0.4, 0.5) is 5.88 Å². The third-order valence-electron chi connectivity index (χ3n) is 5.67. The van der Waals surface area contributed by atoms with Gasteiger partial charge in [-0.15, -0.1) is 0 Å². The number of nitriles is 1. The largest absolute Gasteiger partial charge is 0.459 e. The minimum atomic E-state index is -0.136. The highest BCUT2D eigenvalue weighted by Crippen LogP contribution is 2.29. The highest BCUT2D eigenvalue weighted by molar-refractivity contribution is 5.79. The summed E-state index contributed by atoms with van der Waals surface area (Å²) < 4.78 is 12.8. The average Bonchev–Trinajstić information content (AvgIpc) is 3.54. The van der Waals surface area contributed by atoms with E-state index in [4.69, 9.17) is 8.83 Å². The molecule has 0 spiro atoms. The molecule has 3 aromatic heterocycles. The maximum Gasteiger partial charge on any atom is 0.266 e. The molecule has 0 N–H and O–H groups in total. The molecule has 1 aromatic carbocycles. The van der Waals surface area contributed by atoms with Gasteiger partial charge >= 0.3 is 0 Å². The van der Waals surface area contributed by atoms with Crippen molar-refractivity contribution in [2.45, 2.75) is 13.0 Å². The van der Waals surface area contributed by atoms with Gasteiger partial charge in [-0.3, -0.25) is 14.3 Å². The van der Waals surface area contributed by atoms with Crippen molar-refractivity contribution in [1.29, 1.82) is 5.26 Å². The summed E-state index contributed by atoms with van der Waals surface area (Å²) in [5.41, 5.74) is 0.769. The first-order chi connectivity index (χ1) is 16.1. The van der Waals surface area contributed by atoms with Crippen molar-refractivity contribution >= 4 is 22.7 Å². The number of nitrogens with zero attached hydrogens (tertiary/aromatic N) is 6. The molecule has 0 saturated carbocycles. The van der Waals surface area contributed by atoms with E-state index < -0.39 is 0 Å². The van der Waals surface area contributed by atoms with Gasteiger partial charge in [0.15, 0.2) is 5.76 Å². The zero-order valence-electron chi connectivity index (χ0n) is 17.7. The number of anilines is 1. The fourth-order valence-electron chi connectivity index (χ4n) is 3.96. The fourth-order valence-corrected chi connectivity index (χ4v) is 3.96. The topological polar surface area (TPSA) is 121 Å². The monoisotopic (exact) mass is 444 g/mol. The molecular weight excluding hydrogens is 424 g/mol. The van der Waals surface area contributed by atoms with Crippen LogP contribution in [0.1, 0.15) is 12.1 Å². The van der Waals surface area contributed by atoms with Crippen LogP contribution in [0, 0.1) is 11.3 Å². The van der Waals surface area contributed by atoms with Gasteiger partial charge in [-0.25, -0.2) is 0 Å². The van der Waals surface area contributed by atoms with Crippen LogP contribution in [0.2, 0.25) is 0 Å². The van der Waals surface area contributed by atoms with Gasteiger partial charge < -0.3 is 18.6 Å². The van der Waals surface area contributed by atoms with Crippen LogP contribution < -0.4 is 10.3 Å². The maximum atomic E-state index is 12.8. The smallest absolute Gasteiger partial charge is 0.266 e. The molecule has 1 fully saturated rings. The van der Waals surface area contributed by atoms with Crippen LogP contribution in [0.3, 0.4) is 0 Å². The van der Waals surface area contributed by atoms with Gasteiger partial charge in [0.25, 0.3) is 5.89 Å². The third-order valence-corrected chi connectivity index (χ3v) is 5.67.